The Balaban J connectivity index is 1.74. The Morgan fingerprint density at radius 1 is 1.35 bits per heavy atom. The number of para-hydroxylation sites is 1. The Labute approximate surface area is 120 Å². The van der Waals surface area contributed by atoms with Crippen LogP contribution in [0, 0.1) is 0 Å². The minimum Gasteiger partial charge on any atom is -0.492 e. The molecule has 1 atom stereocenters. The lowest BCUT2D eigenvalue weighted by atomic mass is 9.81. The molecule has 0 saturated carbocycles. The average molecular weight is 271 g/mol. The van der Waals surface area contributed by atoms with E-state index < -0.39 is 0 Å². The smallest absolute Gasteiger partial charge is 0.223 e. The third-order valence-electron chi connectivity index (χ3n) is 4.27. The van der Waals surface area contributed by atoms with Crippen LogP contribution < -0.4 is 4.74 Å². The second kappa shape index (κ2) is 5.31. The van der Waals surface area contributed by atoms with Gasteiger partial charge in [0.1, 0.15) is 5.75 Å². The second-order valence-electron chi connectivity index (χ2n) is 5.98. The molecule has 0 N–H and O–H groups in total. The lowest BCUT2D eigenvalue weighted by molar-refractivity contribution is -0.132. The van der Waals surface area contributed by atoms with Gasteiger partial charge >= 0.3 is 0 Å². The lowest BCUT2D eigenvalue weighted by Gasteiger charge is -2.27. The fourth-order valence-electron chi connectivity index (χ4n) is 3.04. The monoisotopic (exact) mass is 271 g/mol. The molecule has 0 aliphatic carbocycles. The summed E-state index contributed by atoms with van der Waals surface area (Å²) in [4.78, 5) is 14.5. The van der Waals surface area contributed by atoms with Gasteiger partial charge in [0.15, 0.2) is 0 Å². The number of ether oxygens (including phenoxy) is 1. The number of benzene rings is 1. The first kappa shape index (κ1) is 13.2. The fraction of sp³-hybridized carbons (Fsp3) is 0.471. The van der Waals surface area contributed by atoms with E-state index in [1.54, 1.807) is 0 Å². The van der Waals surface area contributed by atoms with E-state index in [1.165, 1.54) is 5.56 Å². The van der Waals surface area contributed by atoms with Gasteiger partial charge in [-0.1, -0.05) is 37.3 Å². The summed E-state index contributed by atoms with van der Waals surface area (Å²) in [6.07, 6.45) is 6.94. The van der Waals surface area contributed by atoms with Crippen molar-refractivity contribution in [1.29, 1.82) is 0 Å². The maximum Gasteiger partial charge on any atom is 0.223 e. The first-order valence-corrected chi connectivity index (χ1v) is 7.34. The maximum absolute atomic E-state index is 12.6. The number of carbonyl (C=O) groups is 1. The molecule has 0 bridgehead atoms. The van der Waals surface area contributed by atoms with Gasteiger partial charge < -0.3 is 9.64 Å². The Hall–Kier alpha value is -1.77. The Morgan fingerprint density at radius 2 is 2.20 bits per heavy atom. The molecule has 106 valence electrons. The number of nitrogens with zero attached hydrogens (tertiary/aromatic N) is 1. The highest BCUT2D eigenvalue weighted by Gasteiger charge is 2.38. The highest BCUT2D eigenvalue weighted by molar-refractivity contribution is 5.78. The average Bonchev–Trinajstić information content (AvgIpc) is 2.67. The molecule has 0 fully saturated rings. The van der Waals surface area contributed by atoms with Gasteiger partial charge in [-0.05, 0) is 18.9 Å². The summed E-state index contributed by atoms with van der Waals surface area (Å²) >= 11 is 0. The number of amides is 1. The summed E-state index contributed by atoms with van der Waals surface area (Å²) < 4.78 is 5.74. The number of hydrogen-bond donors (Lipinski definition) is 0. The van der Waals surface area contributed by atoms with Crippen molar-refractivity contribution >= 4 is 5.91 Å². The highest BCUT2D eigenvalue weighted by Crippen LogP contribution is 2.40. The zero-order chi connectivity index (χ0) is 14.0. The van der Waals surface area contributed by atoms with Crippen LogP contribution in [0.5, 0.6) is 5.75 Å². The van der Waals surface area contributed by atoms with E-state index in [4.69, 9.17) is 4.74 Å². The van der Waals surface area contributed by atoms with E-state index >= 15 is 0 Å². The second-order valence-corrected chi connectivity index (χ2v) is 5.98. The van der Waals surface area contributed by atoms with Crippen LogP contribution in [-0.2, 0) is 10.2 Å². The van der Waals surface area contributed by atoms with E-state index in [0.717, 1.165) is 31.7 Å². The molecule has 3 heteroatoms. The summed E-state index contributed by atoms with van der Waals surface area (Å²) in [6.45, 7) is 4.34. The molecule has 0 radical (unpaired) electrons. The number of carbonyl (C=O) groups excluding carboxylic acids is 1. The minimum atomic E-state index is -0.191. The molecule has 3 rings (SSSR count). The number of allylic oxidation sites excluding steroid dienone is 1. The van der Waals surface area contributed by atoms with Crippen LogP contribution in [0.3, 0.4) is 0 Å². The van der Waals surface area contributed by atoms with Gasteiger partial charge in [-0.3, -0.25) is 4.79 Å². The first-order chi connectivity index (χ1) is 9.69. The van der Waals surface area contributed by atoms with Gasteiger partial charge in [-0.2, -0.15) is 0 Å². The van der Waals surface area contributed by atoms with E-state index in [0.29, 0.717) is 13.0 Å². The normalized spacial score (nSPS) is 24.9. The van der Waals surface area contributed by atoms with Gasteiger partial charge in [0, 0.05) is 30.5 Å². The van der Waals surface area contributed by atoms with Crippen molar-refractivity contribution in [2.75, 3.05) is 19.7 Å². The molecular weight excluding hydrogens is 250 g/mol. The van der Waals surface area contributed by atoms with Crippen LogP contribution in [0.25, 0.3) is 0 Å². The standard InChI is InChI=1S/C17H21NO2/c1-17(13-20-15-9-5-4-8-14(15)17)12-16(19)18-10-6-2-3-7-11-18/h2,4-6,8-9H,3,7,10-13H2,1H3. The van der Waals surface area contributed by atoms with Gasteiger partial charge in [0.05, 0.1) is 6.61 Å². The van der Waals surface area contributed by atoms with Crippen LogP contribution >= 0.6 is 0 Å². The molecule has 0 spiro atoms. The van der Waals surface area contributed by atoms with Crippen molar-refractivity contribution in [3.63, 3.8) is 0 Å². The van der Waals surface area contributed by atoms with Gasteiger partial charge in [-0.25, -0.2) is 0 Å². The van der Waals surface area contributed by atoms with Crippen molar-refractivity contribution < 1.29 is 9.53 Å². The maximum atomic E-state index is 12.6. The molecule has 1 aromatic rings. The molecule has 2 heterocycles. The summed E-state index contributed by atoms with van der Waals surface area (Å²) in [7, 11) is 0. The molecule has 0 saturated heterocycles. The van der Waals surface area contributed by atoms with Crippen molar-refractivity contribution in [1.82, 2.24) is 4.90 Å². The molecular formula is C17H21NO2. The van der Waals surface area contributed by atoms with Gasteiger partial charge in [-0.15, -0.1) is 0 Å². The molecule has 0 aromatic heterocycles. The van der Waals surface area contributed by atoms with Crippen molar-refractivity contribution in [3.8, 4) is 5.75 Å². The number of rotatable bonds is 2. The largest absolute Gasteiger partial charge is 0.492 e. The van der Waals surface area contributed by atoms with E-state index in [-0.39, 0.29) is 11.3 Å². The molecule has 3 nitrogen and oxygen atoms in total. The van der Waals surface area contributed by atoms with E-state index in [2.05, 4.69) is 25.1 Å². The number of hydrogen-bond acceptors (Lipinski definition) is 2. The number of fused-ring (bicyclic) bond motifs is 1. The zero-order valence-corrected chi connectivity index (χ0v) is 12.0. The van der Waals surface area contributed by atoms with Crippen LogP contribution in [0.1, 0.15) is 31.7 Å². The Morgan fingerprint density at radius 3 is 3.10 bits per heavy atom. The minimum absolute atomic E-state index is 0.191. The van der Waals surface area contributed by atoms with Crippen molar-refractivity contribution in [3.05, 3.63) is 42.0 Å². The predicted molar refractivity (Wildman–Crippen MR) is 78.9 cm³/mol. The molecule has 1 amide bonds. The zero-order valence-electron chi connectivity index (χ0n) is 12.0. The van der Waals surface area contributed by atoms with Crippen LogP contribution in [0.4, 0.5) is 0 Å². The highest BCUT2D eigenvalue weighted by atomic mass is 16.5. The summed E-state index contributed by atoms with van der Waals surface area (Å²) in [5, 5.41) is 0. The third-order valence-corrected chi connectivity index (χ3v) is 4.27. The predicted octanol–water partition coefficient (Wildman–Crippen LogP) is 2.91. The van der Waals surface area contributed by atoms with Crippen LogP contribution in [0.15, 0.2) is 36.4 Å². The summed E-state index contributed by atoms with van der Waals surface area (Å²) in [6, 6.07) is 8.06. The van der Waals surface area contributed by atoms with Crippen LogP contribution in [0.2, 0.25) is 0 Å². The van der Waals surface area contributed by atoms with Crippen molar-refractivity contribution in [2.24, 2.45) is 0 Å². The van der Waals surface area contributed by atoms with Gasteiger partial charge in [0.25, 0.3) is 0 Å². The first-order valence-electron chi connectivity index (χ1n) is 7.34. The molecule has 2 aliphatic heterocycles. The molecule has 1 aromatic carbocycles. The fourth-order valence-corrected chi connectivity index (χ4v) is 3.04. The summed E-state index contributed by atoms with van der Waals surface area (Å²) in [5.41, 5.74) is 0.975. The van der Waals surface area contributed by atoms with Crippen molar-refractivity contribution in [2.45, 2.75) is 31.6 Å². The van der Waals surface area contributed by atoms with Gasteiger partial charge in [0.2, 0.25) is 5.91 Å². The molecule has 2 aliphatic rings. The SMILES string of the molecule is CC1(CC(=O)N2CC=CCCC2)COc2ccccc21. The quantitative estimate of drug-likeness (QED) is 0.774. The van der Waals surface area contributed by atoms with Crippen LogP contribution in [-0.4, -0.2) is 30.5 Å². The molecule has 20 heavy (non-hydrogen) atoms. The Kier molecular flexibility index (Phi) is 3.51. The lowest BCUT2D eigenvalue weighted by Crippen LogP contribution is -2.37. The summed E-state index contributed by atoms with van der Waals surface area (Å²) in [5.74, 6) is 1.16. The molecule has 1 unspecified atom stereocenters. The van der Waals surface area contributed by atoms with E-state index in [9.17, 15) is 4.79 Å². The topological polar surface area (TPSA) is 29.5 Å². The third kappa shape index (κ3) is 2.45. The Bertz CT molecular complexity index is 538. The van der Waals surface area contributed by atoms with E-state index in [1.807, 2.05) is 23.1 Å².